The van der Waals surface area contributed by atoms with E-state index >= 15 is 0 Å². The summed E-state index contributed by atoms with van der Waals surface area (Å²) < 4.78 is 0. The summed E-state index contributed by atoms with van der Waals surface area (Å²) in [5, 5.41) is 3.46. The predicted molar refractivity (Wildman–Crippen MR) is 74.1 cm³/mol. The Bertz CT molecular complexity index is 459. The largest absolute Gasteiger partial charge is 0.382 e. The maximum Gasteiger partial charge on any atom is 0.157 e. The molecule has 1 aliphatic rings. The number of ketones is 1. The van der Waals surface area contributed by atoms with Crippen LogP contribution in [-0.4, -0.2) is 5.78 Å². The molecule has 0 amide bonds. The second kappa shape index (κ2) is 4.97. The SMILES string of the molecule is CC(NC1=CC(=O)CC(C)(C)C1)c1ccccc1. The van der Waals surface area contributed by atoms with Gasteiger partial charge in [0.2, 0.25) is 0 Å². The second-order valence-corrected chi connectivity index (χ2v) is 5.93. The highest BCUT2D eigenvalue weighted by molar-refractivity contribution is 5.91. The van der Waals surface area contributed by atoms with Crippen LogP contribution in [0.15, 0.2) is 42.1 Å². The monoisotopic (exact) mass is 243 g/mol. The van der Waals surface area contributed by atoms with Gasteiger partial charge < -0.3 is 5.32 Å². The van der Waals surface area contributed by atoms with Gasteiger partial charge >= 0.3 is 0 Å². The van der Waals surface area contributed by atoms with Gasteiger partial charge in [-0.25, -0.2) is 0 Å². The maximum absolute atomic E-state index is 11.7. The van der Waals surface area contributed by atoms with E-state index in [1.165, 1.54) is 5.56 Å². The van der Waals surface area contributed by atoms with Gasteiger partial charge in [0.1, 0.15) is 0 Å². The number of allylic oxidation sites excluding steroid dienone is 2. The number of carbonyl (C=O) groups is 1. The molecule has 1 aliphatic carbocycles. The fourth-order valence-corrected chi connectivity index (χ4v) is 2.54. The quantitative estimate of drug-likeness (QED) is 0.878. The third-order valence-corrected chi connectivity index (χ3v) is 3.36. The van der Waals surface area contributed by atoms with E-state index in [1.54, 1.807) is 6.08 Å². The first-order valence-corrected chi connectivity index (χ1v) is 6.51. The molecule has 0 spiro atoms. The summed E-state index contributed by atoms with van der Waals surface area (Å²) >= 11 is 0. The molecule has 18 heavy (non-hydrogen) atoms. The normalized spacial score (nSPS) is 20.2. The molecule has 0 saturated heterocycles. The Kier molecular flexibility index (Phi) is 3.55. The van der Waals surface area contributed by atoms with E-state index in [0.717, 1.165) is 12.1 Å². The van der Waals surface area contributed by atoms with Crippen LogP contribution in [0.25, 0.3) is 0 Å². The molecule has 2 heteroatoms. The Morgan fingerprint density at radius 1 is 1.17 bits per heavy atom. The number of hydrogen-bond donors (Lipinski definition) is 1. The van der Waals surface area contributed by atoms with Crippen molar-refractivity contribution in [2.45, 2.75) is 39.7 Å². The molecule has 0 fully saturated rings. The van der Waals surface area contributed by atoms with Crippen molar-refractivity contribution in [3.05, 3.63) is 47.7 Å². The minimum absolute atomic E-state index is 0.0740. The van der Waals surface area contributed by atoms with E-state index in [0.29, 0.717) is 6.42 Å². The van der Waals surface area contributed by atoms with Gasteiger partial charge in [-0.2, -0.15) is 0 Å². The lowest BCUT2D eigenvalue weighted by molar-refractivity contribution is -0.117. The highest BCUT2D eigenvalue weighted by Gasteiger charge is 2.27. The van der Waals surface area contributed by atoms with Crippen LogP contribution in [-0.2, 0) is 4.79 Å². The van der Waals surface area contributed by atoms with Crippen molar-refractivity contribution in [2.75, 3.05) is 0 Å². The molecular weight excluding hydrogens is 222 g/mol. The van der Waals surface area contributed by atoms with Crippen LogP contribution < -0.4 is 5.32 Å². The fourth-order valence-electron chi connectivity index (χ4n) is 2.54. The van der Waals surface area contributed by atoms with Gasteiger partial charge in [0, 0.05) is 24.2 Å². The van der Waals surface area contributed by atoms with Crippen molar-refractivity contribution in [2.24, 2.45) is 5.41 Å². The van der Waals surface area contributed by atoms with Crippen molar-refractivity contribution in [3.8, 4) is 0 Å². The second-order valence-electron chi connectivity index (χ2n) is 5.93. The summed E-state index contributed by atoms with van der Waals surface area (Å²) in [6.45, 7) is 6.42. The smallest absolute Gasteiger partial charge is 0.157 e. The van der Waals surface area contributed by atoms with Gasteiger partial charge in [-0.3, -0.25) is 4.79 Å². The molecule has 0 saturated carbocycles. The Hall–Kier alpha value is -1.57. The van der Waals surface area contributed by atoms with E-state index in [4.69, 9.17) is 0 Å². The molecule has 0 bridgehead atoms. The zero-order chi connectivity index (χ0) is 13.2. The van der Waals surface area contributed by atoms with Gasteiger partial charge in [-0.05, 0) is 24.3 Å². The van der Waals surface area contributed by atoms with E-state index in [-0.39, 0.29) is 17.2 Å². The molecule has 0 heterocycles. The third kappa shape index (κ3) is 3.22. The molecule has 1 unspecified atom stereocenters. The Labute approximate surface area is 109 Å². The fraction of sp³-hybridized carbons (Fsp3) is 0.438. The summed E-state index contributed by atoms with van der Waals surface area (Å²) in [6, 6.07) is 10.5. The molecule has 0 aromatic heterocycles. The minimum atomic E-state index is 0.0740. The number of benzene rings is 1. The van der Waals surface area contributed by atoms with Crippen molar-refractivity contribution in [1.29, 1.82) is 0 Å². The van der Waals surface area contributed by atoms with Crippen LogP contribution in [0, 0.1) is 5.41 Å². The van der Waals surface area contributed by atoms with Crippen molar-refractivity contribution < 1.29 is 4.79 Å². The first-order chi connectivity index (χ1) is 8.46. The van der Waals surface area contributed by atoms with E-state index in [1.807, 2.05) is 18.2 Å². The summed E-state index contributed by atoms with van der Waals surface area (Å²) in [5.41, 5.74) is 2.38. The lowest BCUT2D eigenvalue weighted by Gasteiger charge is -2.31. The third-order valence-electron chi connectivity index (χ3n) is 3.36. The van der Waals surface area contributed by atoms with E-state index in [9.17, 15) is 4.79 Å². The summed E-state index contributed by atoms with van der Waals surface area (Å²) in [7, 11) is 0. The predicted octanol–water partition coefficient (Wildman–Crippen LogP) is 3.61. The lowest BCUT2D eigenvalue weighted by Crippen LogP contribution is -2.29. The molecule has 2 nitrogen and oxygen atoms in total. The average molecular weight is 243 g/mol. The summed E-state index contributed by atoms with van der Waals surface area (Å²) in [4.78, 5) is 11.7. The highest BCUT2D eigenvalue weighted by Crippen LogP contribution is 2.33. The lowest BCUT2D eigenvalue weighted by atomic mass is 9.79. The van der Waals surface area contributed by atoms with E-state index < -0.39 is 0 Å². The number of carbonyl (C=O) groups excluding carboxylic acids is 1. The highest BCUT2D eigenvalue weighted by atomic mass is 16.1. The minimum Gasteiger partial charge on any atom is -0.382 e. The molecule has 1 N–H and O–H groups in total. The maximum atomic E-state index is 11.7. The summed E-state index contributed by atoms with van der Waals surface area (Å²) in [5.74, 6) is 0.231. The van der Waals surface area contributed by atoms with Gasteiger partial charge in [-0.1, -0.05) is 44.2 Å². The van der Waals surface area contributed by atoms with Gasteiger partial charge in [0.25, 0.3) is 0 Å². The molecular formula is C16H21NO. The number of rotatable bonds is 3. The standard InChI is InChI=1S/C16H21NO/c1-12(13-7-5-4-6-8-13)17-14-9-15(18)11-16(2,3)10-14/h4-9,12,17H,10-11H2,1-3H3. The van der Waals surface area contributed by atoms with E-state index in [2.05, 4.69) is 38.2 Å². The molecule has 2 rings (SSSR count). The first kappa shape index (κ1) is 12.9. The average Bonchev–Trinajstić information content (AvgIpc) is 2.27. The summed E-state index contributed by atoms with van der Waals surface area (Å²) in [6.07, 6.45) is 3.36. The molecule has 1 aromatic rings. The van der Waals surface area contributed by atoms with Crippen molar-refractivity contribution >= 4 is 5.78 Å². The molecule has 1 aromatic carbocycles. The topological polar surface area (TPSA) is 29.1 Å². The Morgan fingerprint density at radius 3 is 2.44 bits per heavy atom. The number of nitrogens with one attached hydrogen (secondary N) is 1. The zero-order valence-electron chi connectivity index (χ0n) is 11.4. The molecule has 0 aliphatic heterocycles. The van der Waals surface area contributed by atoms with Crippen LogP contribution in [0.4, 0.5) is 0 Å². The van der Waals surface area contributed by atoms with Gasteiger partial charge in [0.05, 0.1) is 0 Å². The van der Waals surface area contributed by atoms with Crippen LogP contribution in [0.2, 0.25) is 0 Å². The first-order valence-electron chi connectivity index (χ1n) is 6.51. The Balaban J connectivity index is 2.08. The Morgan fingerprint density at radius 2 is 1.83 bits per heavy atom. The van der Waals surface area contributed by atoms with Crippen LogP contribution >= 0.6 is 0 Å². The molecule has 96 valence electrons. The van der Waals surface area contributed by atoms with Gasteiger partial charge in [-0.15, -0.1) is 0 Å². The zero-order valence-corrected chi connectivity index (χ0v) is 11.4. The van der Waals surface area contributed by atoms with Crippen LogP contribution in [0.1, 0.15) is 45.2 Å². The van der Waals surface area contributed by atoms with Gasteiger partial charge in [0.15, 0.2) is 5.78 Å². The van der Waals surface area contributed by atoms with Crippen molar-refractivity contribution in [3.63, 3.8) is 0 Å². The van der Waals surface area contributed by atoms with Crippen molar-refractivity contribution in [1.82, 2.24) is 5.32 Å². The molecule has 0 radical (unpaired) electrons. The molecule has 1 atom stereocenters. The van der Waals surface area contributed by atoms with Crippen LogP contribution in [0.3, 0.4) is 0 Å². The number of hydrogen-bond acceptors (Lipinski definition) is 2. The van der Waals surface area contributed by atoms with Crippen LogP contribution in [0.5, 0.6) is 0 Å².